The zero-order chi connectivity index (χ0) is 26.5. The number of fused-ring (bicyclic) bond motifs is 1. The van der Waals surface area contributed by atoms with Crippen molar-refractivity contribution in [2.24, 2.45) is 7.05 Å². The van der Waals surface area contributed by atoms with Crippen molar-refractivity contribution in [1.29, 1.82) is 0 Å². The Morgan fingerprint density at radius 2 is 1.75 bits per heavy atom. The monoisotopic (exact) mass is 540 g/mol. The fourth-order valence-electron chi connectivity index (χ4n) is 4.95. The predicted molar refractivity (Wildman–Crippen MR) is 152 cm³/mol. The number of aryl methyl sites for hydroxylation is 3. The van der Waals surface area contributed by atoms with Gasteiger partial charge in [0.1, 0.15) is 5.82 Å². The molecule has 0 fully saturated rings. The lowest BCUT2D eigenvalue weighted by Crippen LogP contribution is -2.51. The fourth-order valence-corrected chi connectivity index (χ4v) is 5.28. The minimum Gasteiger partial charge on any atom is -0.481 e. The Morgan fingerprint density at radius 3 is 2.39 bits per heavy atom. The van der Waals surface area contributed by atoms with Crippen molar-refractivity contribution < 1.29 is 9.90 Å². The van der Waals surface area contributed by atoms with E-state index in [0.717, 1.165) is 49.0 Å². The summed E-state index contributed by atoms with van der Waals surface area (Å²) in [4.78, 5) is 15.8. The van der Waals surface area contributed by atoms with Crippen LogP contribution < -0.4 is 5.43 Å². The first-order valence-corrected chi connectivity index (χ1v) is 14.6. The Morgan fingerprint density at radius 1 is 1.06 bits per heavy atom. The highest BCUT2D eigenvalue weighted by Crippen LogP contribution is 2.24. The molecule has 0 aliphatic rings. The van der Waals surface area contributed by atoms with Gasteiger partial charge in [0.25, 0.3) is 0 Å². The van der Waals surface area contributed by atoms with E-state index in [2.05, 4.69) is 40.1 Å². The molecule has 2 N–H and O–H groups in total. The largest absolute Gasteiger partial charge is 0.481 e. The van der Waals surface area contributed by atoms with Gasteiger partial charge in [-0.15, -0.1) is 23.2 Å². The summed E-state index contributed by atoms with van der Waals surface area (Å²) in [6.07, 6.45) is 13.1. The van der Waals surface area contributed by atoms with Gasteiger partial charge >= 0.3 is 5.97 Å². The van der Waals surface area contributed by atoms with Crippen LogP contribution >= 0.6 is 23.2 Å². The summed E-state index contributed by atoms with van der Waals surface area (Å²) in [6.45, 7) is 6.19. The summed E-state index contributed by atoms with van der Waals surface area (Å²) in [5, 5.41) is 11.1. The van der Waals surface area contributed by atoms with Gasteiger partial charge in [-0.05, 0) is 57.6 Å². The lowest BCUT2D eigenvalue weighted by molar-refractivity contribution is -0.137. The Hall–Kier alpha value is -1.34. The second kappa shape index (κ2) is 16.5. The maximum atomic E-state index is 10.9. The number of para-hydroxylation sites is 1. The molecule has 0 radical (unpaired) electrons. The van der Waals surface area contributed by atoms with Gasteiger partial charge < -0.3 is 9.67 Å². The van der Waals surface area contributed by atoms with Crippen molar-refractivity contribution in [2.75, 3.05) is 0 Å². The molecule has 2 aromatic rings. The first kappa shape index (κ1) is 30.9. The van der Waals surface area contributed by atoms with Gasteiger partial charge in [0, 0.05) is 25.9 Å². The summed E-state index contributed by atoms with van der Waals surface area (Å²) in [5.41, 5.74) is 6.49. The SMILES string of the molecule is CCCCCCCC(CCCCc1cccc2c1nc(CCCC(=O)O)n2C)N(NC(C)Cl)C(C)Cl. The summed E-state index contributed by atoms with van der Waals surface area (Å²) in [6, 6.07) is 6.72. The molecule has 3 atom stereocenters. The maximum Gasteiger partial charge on any atom is 0.303 e. The smallest absolute Gasteiger partial charge is 0.303 e. The summed E-state index contributed by atoms with van der Waals surface area (Å²) in [5.74, 6) is 0.196. The van der Waals surface area contributed by atoms with E-state index in [1.807, 2.05) is 20.9 Å². The molecule has 0 aliphatic heterocycles. The van der Waals surface area contributed by atoms with Crippen LogP contribution in [0.2, 0.25) is 0 Å². The lowest BCUT2D eigenvalue weighted by atomic mass is 9.99. The minimum absolute atomic E-state index is 0.131. The Labute approximate surface area is 227 Å². The van der Waals surface area contributed by atoms with Gasteiger partial charge in [-0.25, -0.2) is 15.4 Å². The first-order valence-electron chi connectivity index (χ1n) is 13.7. The molecule has 8 heteroatoms. The topological polar surface area (TPSA) is 70.4 Å². The Balaban J connectivity index is 1.99. The molecule has 0 amide bonds. The molecule has 204 valence electrons. The number of aliphatic carboxylic acids is 1. The van der Waals surface area contributed by atoms with Crippen LogP contribution in [0.4, 0.5) is 0 Å². The normalized spacial score (nSPS) is 14.4. The lowest BCUT2D eigenvalue weighted by Gasteiger charge is -2.35. The van der Waals surface area contributed by atoms with Crippen molar-refractivity contribution >= 4 is 40.2 Å². The molecule has 1 aromatic carbocycles. The van der Waals surface area contributed by atoms with Crippen molar-refractivity contribution in [3.8, 4) is 0 Å². The molecule has 36 heavy (non-hydrogen) atoms. The number of carbonyl (C=O) groups is 1. The number of rotatable bonds is 19. The number of carboxylic acids is 1. The highest BCUT2D eigenvalue weighted by molar-refractivity contribution is 6.20. The average molecular weight is 542 g/mol. The van der Waals surface area contributed by atoms with Crippen LogP contribution in [-0.2, 0) is 24.7 Å². The predicted octanol–water partition coefficient (Wildman–Crippen LogP) is 7.40. The summed E-state index contributed by atoms with van der Waals surface area (Å²) < 4.78 is 2.11. The van der Waals surface area contributed by atoms with Crippen LogP contribution in [0.3, 0.4) is 0 Å². The zero-order valence-electron chi connectivity index (χ0n) is 22.6. The number of hydrogen-bond acceptors (Lipinski definition) is 4. The minimum atomic E-state index is -0.758. The van der Waals surface area contributed by atoms with Crippen molar-refractivity contribution in [1.82, 2.24) is 20.0 Å². The van der Waals surface area contributed by atoms with E-state index in [4.69, 9.17) is 33.3 Å². The second-order valence-corrected chi connectivity index (χ2v) is 11.2. The quantitative estimate of drug-likeness (QED) is 0.0839. The van der Waals surface area contributed by atoms with Gasteiger partial charge in [-0.1, -0.05) is 57.6 Å². The van der Waals surface area contributed by atoms with Crippen LogP contribution in [0, 0.1) is 0 Å². The molecule has 1 heterocycles. The number of alkyl halides is 2. The third-order valence-electron chi connectivity index (χ3n) is 6.86. The van der Waals surface area contributed by atoms with Crippen molar-refractivity contribution in [3.63, 3.8) is 0 Å². The van der Waals surface area contributed by atoms with E-state index < -0.39 is 5.97 Å². The molecular formula is C28H46Cl2N4O2. The number of nitrogens with one attached hydrogen (secondary N) is 1. The number of nitrogens with zero attached hydrogens (tertiary/aromatic N) is 3. The molecule has 0 saturated carbocycles. The number of halogens is 2. The van der Waals surface area contributed by atoms with Crippen LogP contribution in [-0.4, -0.2) is 42.7 Å². The van der Waals surface area contributed by atoms with E-state index in [9.17, 15) is 4.79 Å². The van der Waals surface area contributed by atoms with Crippen LogP contribution in [0.5, 0.6) is 0 Å². The first-order chi connectivity index (χ1) is 17.2. The van der Waals surface area contributed by atoms with Crippen molar-refractivity contribution in [3.05, 3.63) is 29.6 Å². The number of unbranched alkanes of at least 4 members (excludes halogenated alkanes) is 5. The fraction of sp³-hybridized carbons (Fsp3) is 0.714. The van der Waals surface area contributed by atoms with E-state index in [0.29, 0.717) is 18.9 Å². The molecule has 3 unspecified atom stereocenters. The number of hydrogen-bond donors (Lipinski definition) is 2. The highest BCUT2D eigenvalue weighted by atomic mass is 35.5. The third-order valence-corrected chi connectivity index (χ3v) is 7.16. The summed E-state index contributed by atoms with van der Waals surface area (Å²) >= 11 is 12.8. The molecule has 2 rings (SSSR count). The van der Waals surface area contributed by atoms with E-state index in [1.165, 1.54) is 37.7 Å². The maximum absolute atomic E-state index is 10.9. The van der Waals surface area contributed by atoms with Gasteiger partial charge in [-0.3, -0.25) is 4.79 Å². The molecule has 0 bridgehead atoms. The van der Waals surface area contributed by atoms with Crippen molar-refractivity contribution in [2.45, 2.75) is 121 Å². The highest BCUT2D eigenvalue weighted by Gasteiger charge is 2.23. The van der Waals surface area contributed by atoms with E-state index >= 15 is 0 Å². The Kier molecular flexibility index (Phi) is 14.1. The van der Waals surface area contributed by atoms with Crippen LogP contribution in [0.15, 0.2) is 18.2 Å². The standard InChI is InChI=1S/C28H46Cl2N4O2/c1-5-6-7-8-9-16-24(34(22(3)30)32-21(2)29)17-11-10-14-23-15-12-18-25-28(23)31-26(33(25)4)19-13-20-27(35)36/h12,15,18,21-22,24,32H,5-11,13-14,16-17,19-20H2,1-4H3,(H,35,36). The van der Waals surface area contributed by atoms with Gasteiger partial charge in [0.15, 0.2) is 0 Å². The number of hydrazine groups is 1. The molecule has 0 spiro atoms. The number of carboxylic acid groups (broad SMARTS) is 1. The van der Waals surface area contributed by atoms with Gasteiger partial charge in [0.2, 0.25) is 0 Å². The molecular weight excluding hydrogens is 495 g/mol. The Bertz CT molecular complexity index is 916. The summed E-state index contributed by atoms with van der Waals surface area (Å²) in [7, 11) is 2.02. The number of benzene rings is 1. The van der Waals surface area contributed by atoms with Gasteiger partial charge in [0.05, 0.1) is 22.0 Å². The van der Waals surface area contributed by atoms with E-state index in [1.54, 1.807) is 0 Å². The molecule has 0 aliphatic carbocycles. The number of imidazole rings is 1. The molecule has 1 aromatic heterocycles. The number of aromatic nitrogens is 2. The third kappa shape index (κ3) is 10.2. The van der Waals surface area contributed by atoms with Crippen LogP contribution in [0.25, 0.3) is 11.0 Å². The zero-order valence-corrected chi connectivity index (χ0v) is 24.1. The van der Waals surface area contributed by atoms with E-state index in [-0.39, 0.29) is 17.4 Å². The molecule has 0 saturated heterocycles. The van der Waals surface area contributed by atoms with Crippen LogP contribution in [0.1, 0.15) is 103 Å². The van der Waals surface area contributed by atoms with Gasteiger partial charge in [-0.2, -0.15) is 0 Å². The average Bonchev–Trinajstić information content (AvgIpc) is 3.14. The second-order valence-electron chi connectivity index (χ2n) is 9.95. The molecule has 6 nitrogen and oxygen atoms in total.